The molecule has 0 bridgehead atoms. The first-order valence-electron chi connectivity index (χ1n) is 10.9. The third kappa shape index (κ3) is 7.14. The minimum absolute atomic E-state index is 0.0152. The molecule has 1 N–H and O–H groups in total. The van der Waals surface area contributed by atoms with Crippen molar-refractivity contribution in [1.29, 1.82) is 5.26 Å². The van der Waals surface area contributed by atoms with Crippen molar-refractivity contribution in [3.05, 3.63) is 90.5 Å². The molecule has 3 rings (SSSR count). The average Bonchev–Trinajstić information content (AvgIpc) is 2.84. The number of amides is 1. The van der Waals surface area contributed by atoms with Crippen molar-refractivity contribution in [1.82, 2.24) is 0 Å². The number of halogens is 3. The zero-order valence-electron chi connectivity index (χ0n) is 19.2. The summed E-state index contributed by atoms with van der Waals surface area (Å²) >= 11 is 14.2. The molecule has 0 aliphatic rings. The van der Waals surface area contributed by atoms with Crippen LogP contribution in [0.3, 0.4) is 0 Å². The quantitative estimate of drug-likeness (QED) is 0.151. The van der Waals surface area contributed by atoms with Crippen LogP contribution in [0.5, 0.6) is 11.5 Å². The molecule has 0 aromatic heterocycles. The lowest BCUT2D eigenvalue weighted by Gasteiger charge is -2.15. The maximum Gasteiger partial charge on any atom is 0.266 e. The molecule has 5 nitrogen and oxygen atoms in total. The summed E-state index contributed by atoms with van der Waals surface area (Å²) in [5.41, 5.74) is 3.18. The number of nitriles is 1. The van der Waals surface area contributed by atoms with Gasteiger partial charge in [-0.25, -0.2) is 0 Å². The van der Waals surface area contributed by atoms with Gasteiger partial charge in [0, 0.05) is 5.69 Å². The predicted molar refractivity (Wildman–Crippen MR) is 149 cm³/mol. The molecule has 0 heterocycles. The molecule has 0 unspecified atom stereocenters. The molecular weight excluding hydrogens is 598 g/mol. The summed E-state index contributed by atoms with van der Waals surface area (Å²) in [6.45, 7) is 4.57. The second-order valence-electron chi connectivity index (χ2n) is 7.43. The average molecular weight is 621 g/mol. The van der Waals surface area contributed by atoms with Crippen LogP contribution in [0.25, 0.3) is 6.08 Å². The minimum atomic E-state index is -0.471. The normalized spacial score (nSPS) is 11.0. The Bertz CT molecular complexity index is 1300. The second-order valence-corrected chi connectivity index (χ2v) is 9.41. The molecule has 3 aromatic rings. The lowest BCUT2D eigenvalue weighted by Crippen LogP contribution is -2.14. The molecule has 0 spiro atoms. The van der Waals surface area contributed by atoms with Gasteiger partial charge < -0.3 is 14.8 Å². The van der Waals surface area contributed by atoms with E-state index in [-0.39, 0.29) is 12.2 Å². The van der Waals surface area contributed by atoms with Crippen LogP contribution in [0, 0.1) is 14.9 Å². The number of para-hydroxylation sites is 1. The number of nitrogens with one attached hydrogen (secondary N) is 1. The van der Waals surface area contributed by atoms with Gasteiger partial charge in [-0.05, 0) is 89.0 Å². The molecule has 1 amide bonds. The number of nitrogens with zero attached hydrogens (tertiary/aromatic N) is 1. The molecule has 8 heteroatoms. The van der Waals surface area contributed by atoms with Crippen LogP contribution in [0.1, 0.15) is 30.5 Å². The van der Waals surface area contributed by atoms with Gasteiger partial charge in [-0.3, -0.25) is 4.79 Å². The van der Waals surface area contributed by atoms with Gasteiger partial charge in [0.25, 0.3) is 5.91 Å². The van der Waals surface area contributed by atoms with Crippen LogP contribution < -0.4 is 14.8 Å². The second kappa shape index (κ2) is 12.8. The molecular formula is C27H23Cl2IN2O3. The van der Waals surface area contributed by atoms with Gasteiger partial charge in [0.15, 0.2) is 11.5 Å². The van der Waals surface area contributed by atoms with Gasteiger partial charge in [0.05, 0.1) is 20.2 Å². The van der Waals surface area contributed by atoms with E-state index in [1.165, 1.54) is 6.08 Å². The Labute approximate surface area is 228 Å². The van der Waals surface area contributed by atoms with Gasteiger partial charge in [-0.15, -0.1) is 0 Å². The van der Waals surface area contributed by atoms with Crippen molar-refractivity contribution in [2.24, 2.45) is 0 Å². The minimum Gasteiger partial charge on any atom is -0.490 e. The van der Waals surface area contributed by atoms with E-state index in [1.807, 2.05) is 56.3 Å². The number of aryl methyl sites for hydroxylation is 1. The Hall–Kier alpha value is -2.73. The van der Waals surface area contributed by atoms with Crippen LogP contribution in [-0.2, 0) is 17.8 Å². The van der Waals surface area contributed by atoms with Crippen molar-refractivity contribution < 1.29 is 14.3 Å². The number of benzene rings is 3. The summed E-state index contributed by atoms with van der Waals surface area (Å²) < 4.78 is 12.6. The van der Waals surface area contributed by atoms with Gasteiger partial charge in [-0.1, -0.05) is 54.4 Å². The van der Waals surface area contributed by atoms with Gasteiger partial charge >= 0.3 is 0 Å². The molecule has 0 fully saturated rings. The zero-order chi connectivity index (χ0) is 25.4. The predicted octanol–water partition coefficient (Wildman–Crippen LogP) is 7.68. The Morgan fingerprint density at radius 2 is 1.86 bits per heavy atom. The molecule has 0 aliphatic heterocycles. The molecule has 0 aliphatic carbocycles. The van der Waals surface area contributed by atoms with E-state index in [9.17, 15) is 10.1 Å². The standard InChI is InChI=1S/C27H23Cl2IN2O3/c1-3-19-7-5-6-8-24(19)32-27(33)20(15-31)11-18-13-23(30)26(25(14-18)34-4-2)35-16-17-9-10-21(28)22(29)12-17/h5-14H,3-4,16H2,1-2H3,(H,32,33)/b20-11+. The summed E-state index contributed by atoms with van der Waals surface area (Å²) in [6.07, 6.45) is 2.30. The van der Waals surface area contributed by atoms with Gasteiger partial charge in [0.2, 0.25) is 0 Å². The number of carbonyl (C=O) groups excluding carboxylic acids is 1. The Balaban J connectivity index is 1.86. The largest absolute Gasteiger partial charge is 0.490 e. The SMILES string of the molecule is CCOc1cc(/C=C(\C#N)C(=O)Nc2ccccc2CC)cc(I)c1OCc1ccc(Cl)c(Cl)c1. The number of rotatable bonds is 9. The van der Waals surface area contributed by atoms with Crippen LogP contribution >= 0.6 is 45.8 Å². The van der Waals surface area contributed by atoms with Crippen molar-refractivity contribution >= 4 is 63.5 Å². The highest BCUT2D eigenvalue weighted by molar-refractivity contribution is 14.1. The smallest absolute Gasteiger partial charge is 0.266 e. The highest BCUT2D eigenvalue weighted by Crippen LogP contribution is 2.36. The lowest BCUT2D eigenvalue weighted by atomic mass is 10.1. The fourth-order valence-corrected chi connectivity index (χ4v) is 4.42. The maximum absolute atomic E-state index is 12.8. The third-order valence-corrected chi connectivity index (χ3v) is 6.56. The van der Waals surface area contributed by atoms with Crippen molar-refractivity contribution in [2.75, 3.05) is 11.9 Å². The number of hydrogen-bond acceptors (Lipinski definition) is 4. The molecule has 180 valence electrons. The third-order valence-electron chi connectivity index (χ3n) is 5.02. The van der Waals surface area contributed by atoms with E-state index in [0.717, 1.165) is 21.1 Å². The lowest BCUT2D eigenvalue weighted by molar-refractivity contribution is -0.112. The maximum atomic E-state index is 12.8. The van der Waals surface area contributed by atoms with E-state index >= 15 is 0 Å². The van der Waals surface area contributed by atoms with Gasteiger partial charge in [-0.2, -0.15) is 5.26 Å². The zero-order valence-corrected chi connectivity index (χ0v) is 22.9. The van der Waals surface area contributed by atoms with Crippen molar-refractivity contribution in [2.45, 2.75) is 26.9 Å². The van der Waals surface area contributed by atoms with Crippen molar-refractivity contribution in [3.8, 4) is 17.6 Å². The monoisotopic (exact) mass is 620 g/mol. The van der Waals surface area contributed by atoms with Crippen LogP contribution in [0.15, 0.2) is 60.2 Å². The van der Waals surface area contributed by atoms with Crippen LogP contribution in [-0.4, -0.2) is 12.5 Å². The summed E-state index contributed by atoms with van der Waals surface area (Å²) in [4.78, 5) is 12.8. The molecule has 0 atom stereocenters. The Morgan fingerprint density at radius 3 is 2.54 bits per heavy atom. The summed E-state index contributed by atoms with van der Waals surface area (Å²) in [6, 6.07) is 18.4. The number of carbonyl (C=O) groups is 1. The van der Waals surface area contributed by atoms with Gasteiger partial charge in [0.1, 0.15) is 18.2 Å². The molecule has 0 radical (unpaired) electrons. The fourth-order valence-electron chi connectivity index (χ4n) is 3.31. The Kier molecular flexibility index (Phi) is 9.84. The number of anilines is 1. The molecule has 0 saturated carbocycles. The first-order chi connectivity index (χ1) is 16.9. The van der Waals surface area contributed by atoms with E-state index in [2.05, 4.69) is 27.9 Å². The first-order valence-corrected chi connectivity index (χ1v) is 12.7. The highest BCUT2D eigenvalue weighted by Gasteiger charge is 2.15. The van der Waals surface area contributed by atoms with Crippen LogP contribution in [0.4, 0.5) is 5.69 Å². The molecule has 0 saturated heterocycles. The highest BCUT2D eigenvalue weighted by atomic mass is 127. The fraction of sp³-hybridized carbons (Fsp3) is 0.185. The molecule has 3 aromatic carbocycles. The Morgan fingerprint density at radius 1 is 1.09 bits per heavy atom. The van der Waals surface area contributed by atoms with E-state index in [4.69, 9.17) is 32.7 Å². The molecule has 35 heavy (non-hydrogen) atoms. The topological polar surface area (TPSA) is 71.3 Å². The van der Waals surface area contributed by atoms with E-state index < -0.39 is 5.91 Å². The van der Waals surface area contributed by atoms with Crippen molar-refractivity contribution in [3.63, 3.8) is 0 Å². The summed E-state index contributed by atoms with van der Waals surface area (Å²) in [7, 11) is 0. The number of hydrogen-bond donors (Lipinski definition) is 1. The number of ether oxygens (including phenoxy) is 2. The first kappa shape index (κ1) is 26.9. The van der Waals surface area contributed by atoms with Crippen LogP contribution in [0.2, 0.25) is 10.0 Å². The summed E-state index contributed by atoms with van der Waals surface area (Å²) in [5, 5.41) is 13.4. The van der Waals surface area contributed by atoms with E-state index in [0.29, 0.717) is 39.4 Å². The summed E-state index contributed by atoms with van der Waals surface area (Å²) in [5.74, 6) is 0.608. The van der Waals surface area contributed by atoms with E-state index in [1.54, 1.807) is 18.2 Å².